The summed E-state index contributed by atoms with van der Waals surface area (Å²) in [4.78, 5) is 39.0. The minimum atomic E-state index is -1.63. The van der Waals surface area contributed by atoms with Crippen LogP contribution in [0.15, 0.2) is 24.3 Å². The molecule has 0 radical (unpaired) electrons. The molecule has 0 unspecified atom stereocenters. The van der Waals surface area contributed by atoms with Gasteiger partial charge in [0, 0.05) is 12.3 Å². The van der Waals surface area contributed by atoms with Crippen LogP contribution in [-0.4, -0.2) is 41.6 Å². The second-order valence-corrected chi connectivity index (χ2v) is 9.44. The van der Waals surface area contributed by atoms with Crippen LogP contribution in [0.5, 0.6) is 0 Å². The fraction of sp³-hybridized carbons (Fsp3) is 0.625. The Hall–Kier alpha value is -2.21. The molecule has 6 heteroatoms. The molecule has 166 valence electrons. The van der Waals surface area contributed by atoms with Crippen LogP contribution >= 0.6 is 0 Å². The maximum absolute atomic E-state index is 13.1. The van der Waals surface area contributed by atoms with Gasteiger partial charge in [-0.05, 0) is 31.2 Å². The van der Waals surface area contributed by atoms with Gasteiger partial charge < -0.3 is 14.6 Å². The highest BCUT2D eigenvalue weighted by Gasteiger charge is 2.57. The Morgan fingerprint density at radius 2 is 1.53 bits per heavy atom. The summed E-state index contributed by atoms with van der Waals surface area (Å²) in [5.74, 6) is -4.54. The zero-order valence-electron chi connectivity index (χ0n) is 18.8. The number of Topliss-reactive ketones (excluding diaryl/α,β-unsaturated/α-hetero) is 1. The number of aryl methyl sites for hydroxylation is 1. The van der Waals surface area contributed by atoms with Crippen LogP contribution in [-0.2, 0) is 23.9 Å². The molecule has 0 heterocycles. The average Bonchev–Trinajstić information content (AvgIpc) is 2.63. The van der Waals surface area contributed by atoms with E-state index >= 15 is 0 Å². The predicted octanol–water partition coefficient (Wildman–Crippen LogP) is 3.43. The number of ether oxygens (including phenoxy) is 2. The zero-order valence-corrected chi connectivity index (χ0v) is 18.8. The van der Waals surface area contributed by atoms with Gasteiger partial charge in [-0.3, -0.25) is 14.4 Å². The zero-order chi connectivity index (χ0) is 22.6. The quantitative estimate of drug-likeness (QED) is 0.539. The van der Waals surface area contributed by atoms with Gasteiger partial charge in [0.1, 0.15) is 5.92 Å². The number of hydrogen-bond donors (Lipinski definition) is 1. The van der Waals surface area contributed by atoms with E-state index in [4.69, 9.17) is 9.47 Å². The Morgan fingerprint density at radius 1 is 1.03 bits per heavy atom. The molecule has 1 fully saturated rings. The lowest BCUT2D eigenvalue weighted by atomic mass is 9.61. The van der Waals surface area contributed by atoms with E-state index in [1.54, 1.807) is 12.1 Å². The molecule has 1 aliphatic rings. The molecule has 6 nitrogen and oxygen atoms in total. The van der Waals surface area contributed by atoms with E-state index in [2.05, 4.69) is 0 Å². The van der Waals surface area contributed by atoms with Crippen LogP contribution in [0.1, 0.15) is 58.1 Å². The summed E-state index contributed by atoms with van der Waals surface area (Å²) < 4.78 is 10.8. The van der Waals surface area contributed by atoms with Gasteiger partial charge >= 0.3 is 11.9 Å². The van der Waals surface area contributed by atoms with Crippen molar-refractivity contribution in [3.63, 3.8) is 0 Å². The Balaban J connectivity index is 2.51. The van der Waals surface area contributed by atoms with E-state index in [9.17, 15) is 19.5 Å². The van der Waals surface area contributed by atoms with Crippen LogP contribution in [0.2, 0.25) is 0 Å². The number of carbonyl (C=O) groups is 3. The van der Waals surface area contributed by atoms with Crippen molar-refractivity contribution in [1.29, 1.82) is 0 Å². The molecule has 2 rings (SSSR count). The first-order valence-electron chi connectivity index (χ1n) is 10.6. The molecule has 1 aromatic rings. The number of rotatable bonds is 7. The summed E-state index contributed by atoms with van der Waals surface area (Å²) in [6.45, 7) is 11.4. The molecule has 0 saturated heterocycles. The molecular formula is C24H34O6. The lowest BCUT2D eigenvalue weighted by molar-refractivity contribution is -0.173. The van der Waals surface area contributed by atoms with Crippen LogP contribution in [0.3, 0.4) is 0 Å². The molecule has 0 spiro atoms. The van der Waals surface area contributed by atoms with Crippen LogP contribution in [0.25, 0.3) is 0 Å². The lowest BCUT2D eigenvalue weighted by Crippen LogP contribution is -2.55. The van der Waals surface area contributed by atoms with E-state index in [1.807, 2.05) is 46.8 Å². The third-order valence-electron chi connectivity index (χ3n) is 5.36. The summed E-state index contributed by atoms with van der Waals surface area (Å²) >= 11 is 0. The molecule has 1 N–H and O–H groups in total. The minimum Gasteiger partial charge on any atom is -0.465 e. The first kappa shape index (κ1) is 24.1. The predicted molar refractivity (Wildman–Crippen MR) is 113 cm³/mol. The summed E-state index contributed by atoms with van der Waals surface area (Å²) in [5.41, 5.74) is 0.00708. The number of ketones is 1. The number of aliphatic hydroxyl groups is 1. The van der Waals surface area contributed by atoms with E-state index < -0.39 is 41.1 Å². The highest BCUT2D eigenvalue weighted by atomic mass is 16.5. The Bertz CT molecular complexity index is 762. The monoisotopic (exact) mass is 418 g/mol. The van der Waals surface area contributed by atoms with Gasteiger partial charge in [0.25, 0.3) is 0 Å². The van der Waals surface area contributed by atoms with Crippen LogP contribution in [0, 0.1) is 30.6 Å². The second-order valence-electron chi connectivity index (χ2n) is 9.44. The number of hydrogen-bond acceptors (Lipinski definition) is 6. The lowest BCUT2D eigenvalue weighted by Gasteiger charge is -2.43. The standard InChI is InChI=1S/C24H34O6/c1-14(2)12-29-22(26)20-18(25)11-24(6,28)21(23(27)30-13-15(3)4)19(20)17-9-7-16(5)8-10-17/h7-10,14-15,19-21,28H,11-13H2,1-6H3/t19-,20+,21+,24-/m1/s1. The van der Waals surface area contributed by atoms with Gasteiger partial charge in [-0.15, -0.1) is 0 Å². The summed E-state index contributed by atoms with van der Waals surface area (Å²) in [6.07, 6.45) is -0.307. The first-order valence-corrected chi connectivity index (χ1v) is 10.6. The highest BCUT2D eigenvalue weighted by Crippen LogP contribution is 2.46. The fourth-order valence-corrected chi connectivity index (χ4v) is 3.88. The van der Waals surface area contributed by atoms with Gasteiger partial charge in [-0.1, -0.05) is 57.5 Å². The fourth-order valence-electron chi connectivity index (χ4n) is 3.88. The normalized spacial score (nSPS) is 26.7. The van der Waals surface area contributed by atoms with Gasteiger partial charge in [0.15, 0.2) is 5.78 Å². The third-order valence-corrected chi connectivity index (χ3v) is 5.36. The van der Waals surface area contributed by atoms with Gasteiger partial charge in [-0.2, -0.15) is 0 Å². The number of esters is 2. The van der Waals surface area contributed by atoms with E-state index in [-0.39, 0.29) is 31.5 Å². The Labute approximate surface area is 179 Å². The van der Waals surface area contributed by atoms with Crippen molar-refractivity contribution < 1.29 is 29.0 Å². The number of benzene rings is 1. The summed E-state index contributed by atoms with van der Waals surface area (Å²) in [6, 6.07) is 7.30. The smallest absolute Gasteiger partial charge is 0.317 e. The molecule has 0 aromatic heterocycles. The molecule has 1 aromatic carbocycles. The molecule has 30 heavy (non-hydrogen) atoms. The molecule has 0 aliphatic heterocycles. The summed E-state index contributed by atoms with van der Waals surface area (Å²) in [5, 5.41) is 11.1. The van der Waals surface area contributed by atoms with Gasteiger partial charge in [0.05, 0.1) is 24.7 Å². The van der Waals surface area contributed by atoms with Crippen LogP contribution < -0.4 is 0 Å². The van der Waals surface area contributed by atoms with Gasteiger partial charge in [-0.25, -0.2) is 0 Å². The maximum atomic E-state index is 13.1. The highest BCUT2D eigenvalue weighted by molar-refractivity contribution is 6.02. The van der Waals surface area contributed by atoms with E-state index in [0.29, 0.717) is 5.56 Å². The third kappa shape index (κ3) is 5.69. The van der Waals surface area contributed by atoms with Crippen molar-refractivity contribution in [3.8, 4) is 0 Å². The molecule has 1 aliphatic carbocycles. The van der Waals surface area contributed by atoms with Crippen LogP contribution in [0.4, 0.5) is 0 Å². The van der Waals surface area contributed by atoms with Crippen molar-refractivity contribution in [2.24, 2.45) is 23.7 Å². The molecule has 0 amide bonds. The Kier molecular flexibility index (Phi) is 7.81. The van der Waals surface area contributed by atoms with Crippen molar-refractivity contribution in [3.05, 3.63) is 35.4 Å². The Morgan fingerprint density at radius 3 is 2.03 bits per heavy atom. The average molecular weight is 419 g/mol. The molecular weight excluding hydrogens is 384 g/mol. The largest absolute Gasteiger partial charge is 0.465 e. The van der Waals surface area contributed by atoms with E-state index in [1.165, 1.54) is 6.92 Å². The van der Waals surface area contributed by atoms with Crippen molar-refractivity contribution >= 4 is 17.7 Å². The second kappa shape index (κ2) is 9.73. The van der Waals surface area contributed by atoms with Crippen molar-refractivity contribution in [1.82, 2.24) is 0 Å². The number of carbonyl (C=O) groups excluding carboxylic acids is 3. The van der Waals surface area contributed by atoms with E-state index in [0.717, 1.165) is 5.56 Å². The molecule has 1 saturated carbocycles. The maximum Gasteiger partial charge on any atom is 0.317 e. The van der Waals surface area contributed by atoms with Crippen molar-refractivity contribution in [2.75, 3.05) is 13.2 Å². The van der Waals surface area contributed by atoms with Gasteiger partial charge in [0.2, 0.25) is 0 Å². The molecule has 4 atom stereocenters. The minimum absolute atomic E-state index is 0.111. The first-order chi connectivity index (χ1) is 13.9. The van der Waals surface area contributed by atoms with Crippen molar-refractivity contribution in [2.45, 2.75) is 59.5 Å². The summed E-state index contributed by atoms with van der Waals surface area (Å²) in [7, 11) is 0. The SMILES string of the molecule is Cc1ccc([C@@H]2[C@@H](C(=O)OCC(C)C)C(=O)C[C@@](C)(O)[C@@H]2C(=O)OCC(C)C)cc1. The molecule has 0 bridgehead atoms. The topological polar surface area (TPSA) is 89.9 Å².